The highest BCUT2D eigenvalue weighted by Gasteiger charge is 2.27. The van der Waals surface area contributed by atoms with E-state index in [0.717, 1.165) is 0 Å². The summed E-state index contributed by atoms with van der Waals surface area (Å²) in [7, 11) is 1.54. The molecule has 1 aromatic heterocycles. The number of aromatic amines is 2. The Morgan fingerprint density at radius 3 is 2.25 bits per heavy atom. The maximum absolute atomic E-state index is 12.8. The van der Waals surface area contributed by atoms with E-state index in [1.54, 1.807) is 46.2 Å². The number of para-hydroxylation sites is 1. The van der Waals surface area contributed by atoms with Gasteiger partial charge in [-0.3, -0.25) is 9.59 Å². The number of ether oxygens (including phenoxy) is 1. The average molecular weight is 380 g/mol. The molecule has 1 aliphatic rings. The van der Waals surface area contributed by atoms with E-state index in [1.165, 1.54) is 7.11 Å². The Labute approximate surface area is 160 Å². The van der Waals surface area contributed by atoms with Crippen molar-refractivity contribution in [3.8, 4) is 5.75 Å². The molecule has 0 radical (unpaired) electrons. The summed E-state index contributed by atoms with van der Waals surface area (Å²) in [6.07, 6.45) is 0. The molecule has 3 aromatic rings. The van der Waals surface area contributed by atoms with Gasteiger partial charge in [-0.05, 0) is 30.3 Å². The average Bonchev–Trinajstić information content (AvgIpc) is 3.12. The van der Waals surface area contributed by atoms with Crippen LogP contribution in [0.25, 0.3) is 11.0 Å². The third-order valence-electron chi connectivity index (χ3n) is 4.95. The predicted molar refractivity (Wildman–Crippen MR) is 104 cm³/mol. The number of aromatic nitrogens is 2. The van der Waals surface area contributed by atoms with Gasteiger partial charge >= 0.3 is 5.69 Å². The van der Waals surface area contributed by atoms with Gasteiger partial charge < -0.3 is 24.5 Å². The molecule has 1 aliphatic heterocycles. The van der Waals surface area contributed by atoms with Crippen LogP contribution in [0.4, 0.5) is 0 Å². The zero-order valence-corrected chi connectivity index (χ0v) is 15.4. The van der Waals surface area contributed by atoms with Gasteiger partial charge in [-0.2, -0.15) is 0 Å². The number of hydrogen-bond acceptors (Lipinski definition) is 4. The van der Waals surface area contributed by atoms with E-state index >= 15 is 0 Å². The van der Waals surface area contributed by atoms with Crippen molar-refractivity contribution >= 4 is 22.8 Å². The highest BCUT2D eigenvalue weighted by Crippen LogP contribution is 2.20. The number of nitrogens with zero attached hydrogens (tertiary/aromatic N) is 2. The van der Waals surface area contributed by atoms with Crippen LogP contribution < -0.4 is 10.4 Å². The van der Waals surface area contributed by atoms with Gasteiger partial charge in [-0.15, -0.1) is 0 Å². The summed E-state index contributed by atoms with van der Waals surface area (Å²) in [6.45, 7) is 1.79. The van der Waals surface area contributed by atoms with Crippen molar-refractivity contribution in [2.75, 3.05) is 33.3 Å². The number of H-pyrrole nitrogens is 2. The fraction of sp³-hybridized carbons (Fsp3) is 0.250. The number of imidazole rings is 1. The number of nitrogens with one attached hydrogen (secondary N) is 2. The Morgan fingerprint density at radius 2 is 1.54 bits per heavy atom. The Balaban J connectivity index is 1.45. The second-order valence-electron chi connectivity index (χ2n) is 6.62. The number of carbonyl (C=O) groups is 2. The zero-order chi connectivity index (χ0) is 19.7. The molecule has 0 saturated carbocycles. The molecule has 0 spiro atoms. The van der Waals surface area contributed by atoms with Crippen molar-refractivity contribution in [3.63, 3.8) is 0 Å². The third kappa shape index (κ3) is 3.24. The number of hydrogen-bond donors (Lipinski definition) is 2. The van der Waals surface area contributed by atoms with Crippen molar-refractivity contribution in [2.24, 2.45) is 0 Å². The van der Waals surface area contributed by atoms with Crippen LogP contribution in [0.1, 0.15) is 20.7 Å². The first kappa shape index (κ1) is 17.8. The third-order valence-corrected chi connectivity index (χ3v) is 4.95. The van der Waals surface area contributed by atoms with Crippen molar-refractivity contribution in [1.82, 2.24) is 19.8 Å². The number of amides is 2. The lowest BCUT2D eigenvalue weighted by atomic mass is 10.1. The highest BCUT2D eigenvalue weighted by atomic mass is 16.5. The van der Waals surface area contributed by atoms with Crippen molar-refractivity contribution in [3.05, 3.63) is 64.1 Å². The molecular weight excluding hydrogens is 360 g/mol. The van der Waals surface area contributed by atoms with Crippen LogP contribution in [0.15, 0.2) is 47.3 Å². The molecule has 8 nitrogen and oxygen atoms in total. The fourth-order valence-corrected chi connectivity index (χ4v) is 3.45. The number of methoxy groups -OCH3 is 1. The van der Waals surface area contributed by atoms with E-state index in [9.17, 15) is 14.4 Å². The first-order valence-corrected chi connectivity index (χ1v) is 9.00. The second-order valence-corrected chi connectivity index (χ2v) is 6.62. The van der Waals surface area contributed by atoms with Gasteiger partial charge in [0.2, 0.25) is 0 Å². The molecular formula is C20H20N4O4. The van der Waals surface area contributed by atoms with Gasteiger partial charge in [0, 0.05) is 31.7 Å². The molecule has 2 heterocycles. The molecule has 2 amide bonds. The number of fused-ring (bicyclic) bond motifs is 1. The summed E-state index contributed by atoms with van der Waals surface area (Å²) < 4.78 is 5.27. The predicted octanol–water partition coefficient (Wildman–Crippen LogP) is 1.46. The van der Waals surface area contributed by atoms with E-state index < -0.39 is 0 Å². The maximum Gasteiger partial charge on any atom is 0.323 e. The fourth-order valence-electron chi connectivity index (χ4n) is 3.45. The second kappa shape index (κ2) is 7.22. The smallest absolute Gasteiger partial charge is 0.323 e. The van der Waals surface area contributed by atoms with E-state index in [-0.39, 0.29) is 17.5 Å². The van der Waals surface area contributed by atoms with Gasteiger partial charge in [0.05, 0.1) is 23.7 Å². The first-order valence-electron chi connectivity index (χ1n) is 9.00. The zero-order valence-electron chi connectivity index (χ0n) is 15.4. The van der Waals surface area contributed by atoms with E-state index in [0.29, 0.717) is 54.1 Å². The SMILES string of the molecule is COc1ccccc1C(=O)N1CCN(C(=O)c2ccc3[nH]c(=O)[nH]c3c2)CC1. The van der Waals surface area contributed by atoms with E-state index in [1.807, 2.05) is 6.07 Å². The van der Waals surface area contributed by atoms with Gasteiger partial charge in [-0.25, -0.2) is 4.79 Å². The van der Waals surface area contributed by atoms with Gasteiger partial charge in [0.1, 0.15) is 5.75 Å². The summed E-state index contributed by atoms with van der Waals surface area (Å²) in [5, 5.41) is 0. The van der Waals surface area contributed by atoms with Crippen LogP contribution in [-0.4, -0.2) is 64.9 Å². The summed E-state index contributed by atoms with van der Waals surface area (Å²) in [6, 6.07) is 12.2. The maximum atomic E-state index is 12.8. The Hall–Kier alpha value is -3.55. The van der Waals surface area contributed by atoms with Gasteiger partial charge in [0.25, 0.3) is 11.8 Å². The molecule has 8 heteroatoms. The van der Waals surface area contributed by atoms with Crippen molar-refractivity contribution in [1.29, 1.82) is 0 Å². The molecule has 0 atom stereocenters. The number of rotatable bonds is 3. The van der Waals surface area contributed by atoms with Gasteiger partial charge in [-0.1, -0.05) is 12.1 Å². The highest BCUT2D eigenvalue weighted by molar-refractivity contribution is 5.98. The minimum atomic E-state index is -0.303. The quantitative estimate of drug-likeness (QED) is 0.719. The summed E-state index contributed by atoms with van der Waals surface area (Å²) in [4.78, 5) is 45.7. The number of benzene rings is 2. The van der Waals surface area contributed by atoms with Crippen molar-refractivity contribution < 1.29 is 14.3 Å². The van der Waals surface area contributed by atoms with Gasteiger partial charge in [0.15, 0.2) is 0 Å². The molecule has 0 unspecified atom stereocenters. The number of carbonyl (C=O) groups excluding carboxylic acids is 2. The van der Waals surface area contributed by atoms with Crippen LogP contribution in [-0.2, 0) is 0 Å². The molecule has 4 rings (SSSR count). The molecule has 2 aromatic carbocycles. The lowest BCUT2D eigenvalue weighted by Gasteiger charge is -2.35. The summed E-state index contributed by atoms with van der Waals surface area (Å²) >= 11 is 0. The Bertz CT molecular complexity index is 1090. The topological polar surface area (TPSA) is 98.5 Å². The largest absolute Gasteiger partial charge is 0.496 e. The molecule has 0 bridgehead atoms. The lowest BCUT2D eigenvalue weighted by Crippen LogP contribution is -2.50. The number of piperazine rings is 1. The van der Waals surface area contributed by atoms with Crippen LogP contribution in [0.5, 0.6) is 5.75 Å². The molecule has 144 valence electrons. The molecule has 0 aliphatic carbocycles. The van der Waals surface area contributed by atoms with Crippen LogP contribution >= 0.6 is 0 Å². The molecule has 1 fully saturated rings. The normalized spacial score (nSPS) is 14.3. The standard InChI is InChI=1S/C20H20N4O4/c1-28-17-5-3-2-4-14(17)19(26)24-10-8-23(9-11-24)18(25)13-6-7-15-16(12-13)22-20(27)21-15/h2-7,12H,8-11H2,1H3,(H2,21,22,27). The Kier molecular flexibility index (Phi) is 4.60. The minimum Gasteiger partial charge on any atom is -0.496 e. The molecule has 1 saturated heterocycles. The minimum absolute atomic E-state index is 0.101. The lowest BCUT2D eigenvalue weighted by molar-refractivity contribution is 0.0533. The van der Waals surface area contributed by atoms with Crippen LogP contribution in [0.2, 0.25) is 0 Å². The van der Waals surface area contributed by atoms with Crippen LogP contribution in [0, 0.1) is 0 Å². The van der Waals surface area contributed by atoms with E-state index in [4.69, 9.17) is 4.74 Å². The first-order chi connectivity index (χ1) is 13.6. The Morgan fingerprint density at radius 1 is 0.893 bits per heavy atom. The summed E-state index contributed by atoms with van der Waals surface area (Å²) in [5.41, 5.74) is 1.98. The summed E-state index contributed by atoms with van der Waals surface area (Å²) in [5.74, 6) is 0.323. The monoisotopic (exact) mass is 380 g/mol. The molecule has 28 heavy (non-hydrogen) atoms. The molecule has 2 N–H and O–H groups in total. The van der Waals surface area contributed by atoms with Crippen molar-refractivity contribution in [2.45, 2.75) is 0 Å². The van der Waals surface area contributed by atoms with Crippen LogP contribution in [0.3, 0.4) is 0 Å². The van der Waals surface area contributed by atoms with E-state index in [2.05, 4.69) is 9.97 Å².